The van der Waals surface area contributed by atoms with Gasteiger partial charge in [-0.2, -0.15) is 0 Å². The quantitative estimate of drug-likeness (QED) is 0.196. The summed E-state index contributed by atoms with van der Waals surface area (Å²) in [4.78, 5) is 29.4. The molecular formula is C34H35ClFN3O5S. The van der Waals surface area contributed by atoms with E-state index in [9.17, 15) is 22.4 Å². The molecule has 0 radical (unpaired) electrons. The lowest BCUT2D eigenvalue weighted by Gasteiger charge is -2.34. The van der Waals surface area contributed by atoms with Crippen molar-refractivity contribution in [1.82, 2.24) is 10.2 Å². The number of hydrogen-bond donors (Lipinski definition) is 1. The molecule has 8 nitrogen and oxygen atoms in total. The van der Waals surface area contributed by atoms with Crippen molar-refractivity contribution in [3.63, 3.8) is 0 Å². The minimum atomic E-state index is -4.34. The maximum Gasteiger partial charge on any atom is 0.264 e. The number of hydrogen-bond acceptors (Lipinski definition) is 5. The molecule has 11 heteroatoms. The Morgan fingerprint density at radius 2 is 1.53 bits per heavy atom. The molecule has 4 rings (SSSR count). The number of carbonyl (C=O) groups excluding carboxylic acids is 2. The molecule has 0 saturated carbocycles. The number of carbonyl (C=O) groups is 2. The van der Waals surface area contributed by atoms with Gasteiger partial charge in [-0.05, 0) is 85.6 Å². The molecule has 0 bridgehead atoms. The molecule has 0 aliphatic carbocycles. The van der Waals surface area contributed by atoms with E-state index in [1.165, 1.54) is 48.4 Å². The highest BCUT2D eigenvalue weighted by molar-refractivity contribution is 7.92. The maximum absolute atomic E-state index is 14.4. The van der Waals surface area contributed by atoms with Crippen molar-refractivity contribution < 1.29 is 27.1 Å². The first-order valence-corrected chi connectivity index (χ1v) is 16.1. The lowest BCUT2D eigenvalue weighted by atomic mass is 10.0. The van der Waals surface area contributed by atoms with E-state index in [1.54, 1.807) is 24.3 Å². The highest BCUT2D eigenvalue weighted by Crippen LogP contribution is 2.27. The average molecular weight is 652 g/mol. The number of nitrogens with zero attached hydrogens (tertiary/aromatic N) is 2. The van der Waals surface area contributed by atoms with E-state index >= 15 is 0 Å². The molecule has 0 aromatic heterocycles. The van der Waals surface area contributed by atoms with Crippen LogP contribution < -0.4 is 14.4 Å². The fourth-order valence-electron chi connectivity index (χ4n) is 4.78. The topological polar surface area (TPSA) is 96.0 Å². The van der Waals surface area contributed by atoms with Gasteiger partial charge in [0.15, 0.2) is 0 Å². The van der Waals surface area contributed by atoms with Gasteiger partial charge in [0.05, 0.1) is 17.7 Å². The molecule has 236 valence electrons. The Morgan fingerprint density at radius 1 is 0.889 bits per heavy atom. The zero-order chi connectivity index (χ0) is 32.6. The van der Waals surface area contributed by atoms with Crippen LogP contribution in [0.15, 0.2) is 108 Å². The Kier molecular flexibility index (Phi) is 11.2. The number of benzene rings is 4. The molecule has 0 heterocycles. The first-order valence-electron chi connectivity index (χ1n) is 14.3. The minimum absolute atomic E-state index is 0.0255. The maximum atomic E-state index is 14.4. The number of rotatable bonds is 13. The summed E-state index contributed by atoms with van der Waals surface area (Å²) in [6.45, 7) is 2.94. The van der Waals surface area contributed by atoms with E-state index in [0.29, 0.717) is 16.3 Å². The number of ether oxygens (including phenoxy) is 1. The van der Waals surface area contributed by atoms with Crippen molar-refractivity contribution in [2.45, 2.75) is 43.8 Å². The predicted octanol–water partition coefficient (Wildman–Crippen LogP) is 5.85. The molecule has 4 aromatic rings. The molecule has 0 unspecified atom stereocenters. The van der Waals surface area contributed by atoms with Crippen LogP contribution in [0.1, 0.15) is 25.0 Å². The highest BCUT2D eigenvalue weighted by Gasteiger charge is 2.35. The van der Waals surface area contributed by atoms with Crippen molar-refractivity contribution in [3.05, 3.63) is 125 Å². The van der Waals surface area contributed by atoms with Gasteiger partial charge in [-0.15, -0.1) is 0 Å². The first-order chi connectivity index (χ1) is 21.5. The van der Waals surface area contributed by atoms with Crippen LogP contribution in [0.5, 0.6) is 5.75 Å². The first kappa shape index (κ1) is 33.5. The van der Waals surface area contributed by atoms with E-state index < -0.39 is 40.2 Å². The molecule has 1 N–H and O–H groups in total. The third-order valence-electron chi connectivity index (χ3n) is 6.98. The standard InChI is InChI=1S/C34H35ClFN3O5S/c1-24(2)37-34(41)32(21-25-8-5-4-6-9-25)38(22-26-10-7-11-27(35)20-26)33(40)23-39(29-14-12-28(36)13-15-29)45(42,43)31-18-16-30(44-3)17-19-31/h4-20,24,32H,21-23H2,1-3H3,(H,37,41)/t32-/m0/s1. The number of anilines is 1. The lowest BCUT2D eigenvalue weighted by molar-refractivity contribution is -0.140. The zero-order valence-corrected chi connectivity index (χ0v) is 26.8. The van der Waals surface area contributed by atoms with Crippen LogP contribution >= 0.6 is 11.6 Å². The summed E-state index contributed by atoms with van der Waals surface area (Å²) in [6, 6.07) is 25.5. The van der Waals surface area contributed by atoms with Gasteiger partial charge in [-0.25, -0.2) is 12.8 Å². The Balaban J connectivity index is 1.80. The Hall–Kier alpha value is -4.41. The lowest BCUT2D eigenvalue weighted by Crippen LogP contribution is -2.54. The second kappa shape index (κ2) is 15.0. The number of methoxy groups -OCH3 is 1. The van der Waals surface area contributed by atoms with Gasteiger partial charge in [-0.3, -0.25) is 13.9 Å². The van der Waals surface area contributed by atoms with E-state index in [4.69, 9.17) is 16.3 Å². The van der Waals surface area contributed by atoms with Gasteiger partial charge in [-0.1, -0.05) is 54.1 Å². The Bertz CT molecular complexity index is 1700. The molecule has 0 aliphatic rings. The highest BCUT2D eigenvalue weighted by atomic mass is 35.5. The van der Waals surface area contributed by atoms with Crippen LogP contribution in [0.25, 0.3) is 0 Å². The van der Waals surface area contributed by atoms with E-state index in [2.05, 4.69) is 5.32 Å². The molecule has 0 fully saturated rings. The van der Waals surface area contributed by atoms with Gasteiger partial charge in [0.2, 0.25) is 11.8 Å². The predicted molar refractivity (Wildman–Crippen MR) is 173 cm³/mol. The average Bonchev–Trinajstić information content (AvgIpc) is 3.02. The summed E-state index contributed by atoms with van der Waals surface area (Å²) in [5.74, 6) is -1.15. The van der Waals surface area contributed by atoms with Crippen LogP contribution in [-0.4, -0.2) is 50.9 Å². The van der Waals surface area contributed by atoms with Gasteiger partial charge in [0.1, 0.15) is 24.2 Å². The van der Waals surface area contributed by atoms with E-state index in [1.807, 2.05) is 44.2 Å². The molecule has 0 saturated heterocycles. The summed E-state index contributed by atoms with van der Waals surface area (Å²) >= 11 is 6.27. The number of halogens is 2. The second-order valence-corrected chi connectivity index (χ2v) is 13.0. The third-order valence-corrected chi connectivity index (χ3v) is 9.01. The molecule has 2 amide bonds. The summed E-state index contributed by atoms with van der Waals surface area (Å²) in [5, 5.41) is 3.35. The number of sulfonamides is 1. The third kappa shape index (κ3) is 8.83. The second-order valence-electron chi connectivity index (χ2n) is 10.7. The zero-order valence-electron chi connectivity index (χ0n) is 25.2. The molecule has 0 spiro atoms. The summed E-state index contributed by atoms with van der Waals surface area (Å²) in [5.41, 5.74) is 1.54. The van der Waals surface area contributed by atoms with Crippen LogP contribution in [0.4, 0.5) is 10.1 Å². The fraction of sp³-hybridized carbons (Fsp3) is 0.235. The monoisotopic (exact) mass is 651 g/mol. The molecular weight excluding hydrogens is 617 g/mol. The molecule has 4 aromatic carbocycles. The summed E-state index contributed by atoms with van der Waals surface area (Å²) < 4.78 is 48.1. The van der Waals surface area contributed by atoms with Crippen LogP contribution in [0.3, 0.4) is 0 Å². The summed E-state index contributed by atoms with van der Waals surface area (Å²) in [6.07, 6.45) is 0.174. The van der Waals surface area contributed by atoms with E-state index in [0.717, 1.165) is 22.0 Å². The fourth-order valence-corrected chi connectivity index (χ4v) is 6.40. The largest absolute Gasteiger partial charge is 0.497 e. The van der Waals surface area contributed by atoms with Crippen molar-refractivity contribution in [2.75, 3.05) is 18.0 Å². The SMILES string of the molecule is COc1ccc(S(=O)(=O)N(CC(=O)N(Cc2cccc(Cl)c2)[C@@H](Cc2ccccc2)C(=O)NC(C)C)c2ccc(F)cc2)cc1. The smallest absolute Gasteiger partial charge is 0.264 e. The van der Waals surface area contributed by atoms with Crippen LogP contribution in [0, 0.1) is 5.82 Å². The number of amides is 2. The molecule has 0 aliphatic heterocycles. The van der Waals surface area contributed by atoms with Crippen molar-refractivity contribution >= 4 is 39.1 Å². The Morgan fingerprint density at radius 3 is 2.13 bits per heavy atom. The van der Waals surface area contributed by atoms with Crippen molar-refractivity contribution in [3.8, 4) is 5.75 Å². The van der Waals surface area contributed by atoms with Crippen molar-refractivity contribution in [1.29, 1.82) is 0 Å². The minimum Gasteiger partial charge on any atom is -0.497 e. The molecule has 45 heavy (non-hydrogen) atoms. The van der Waals surface area contributed by atoms with Gasteiger partial charge in [0, 0.05) is 24.0 Å². The Labute approximate surface area is 268 Å². The number of nitrogens with one attached hydrogen (secondary N) is 1. The van der Waals surface area contributed by atoms with E-state index in [-0.39, 0.29) is 29.6 Å². The van der Waals surface area contributed by atoms with Crippen molar-refractivity contribution in [2.24, 2.45) is 0 Å². The van der Waals surface area contributed by atoms with Gasteiger partial charge in [0.25, 0.3) is 10.0 Å². The van der Waals surface area contributed by atoms with Crippen LogP contribution in [-0.2, 0) is 32.6 Å². The normalized spacial score (nSPS) is 12.0. The van der Waals surface area contributed by atoms with Gasteiger partial charge >= 0.3 is 0 Å². The van der Waals surface area contributed by atoms with Crippen LogP contribution in [0.2, 0.25) is 5.02 Å². The summed E-state index contributed by atoms with van der Waals surface area (Å²) in [7, 11) is -2.88. The van der Waals surface area contributed by atoms with Gasteiger partial charge < -0.3 is 15.0 Å². The molecule has 1 atom stereocenters.